The average Bonchev–Trinajstić information content (AvgIpc) is 2.21. The van der Waals surface area contributed by atoms with Gasteiger partial charge in [-0.25, -0.2) is 0 Å². The summed E-state index contributed by atoms with van der Waals surface area (Å²) < 4.78 is 0. The molecule has 0 nitrogen and oxygen atoms in total. The lowest BCUT2D eigenvalue weighted by Crippen LogP contribution is -2.25. The molecule has 0 spiro atoms. The smallest absolute Gasteiger partial charge is 0.119 e. The summed E-state index contributed by atoms with van der Waals surface area (Å²) in [6.45, 7) is 6.97. The van der Waals surface area contributed by atoms with Crippen molar-refractivity contribution in [2.24, 2.45) is 0 Å². The van der Waals surface area contributed by atoms with Crippen molar-refractivity contribution in [1.29, 1.82) is 0 Å². The first kappa shape index (κ1) is 14.9. The van der Waals surface area contributed by atoms with Gasteiger partial charge in [0.05, 0.1) is 0 Å². The predicted octanol–water partition coefficient (Wildman–Crippen LogP) is 5.77. The standard InChI is InChI=1S/C12H27ISi/c1-4-7-10-14(13,11-8-5-2)12-9-6-3/h4-12H2,1-3H3. The van der Waals surface area contributed by atoms with Crippen molar-refractivity contribution < 1.29 is 0 Å². The number of halogens is 1. The van der Waals surface area contributed by atoms with Crippen LogP contribution in [0.15, 0.2) is 0 Å². The fourth-order valence-corrected chi connectivity index (χ4v) is 9.00. The van der Waals surface area contributed by atoms with Gasteiger partial charge < -0.3 is 0 Å². The summed E-state index contributed by atoms with van der Waals surface area (Å²) in [5.74, 6) is 0. The van der Waals surface area contributed by atoms with Crippen LogP contribution in [0.3, 0.4) is 0 Å². The van der Waals surface area contributed by atoms with Gasteiger partial charge in [0.25, 0.3) is 0 Å². The lowest BCUT2D eigenvalue weighted by atomic mass is 10.4. The Labute approximate surface area is 104 Å². The molecule has 0 aliphatic carbocycles. The molecule has 0 saturated heterocycles. The molecule has 0 aliphatic heterocycles. The van der Waals surface area contributed by atoms with E-state index in [2.05, 4.69) is 42.6 Å². The van der Waals surface area contributed by atoms with Crippen LogP contribution in [-0.4, -0.2) is 5.57 Å². The molecule has 0 unspecified atom stereocenters. The number of hydrogen-bond donors (Lipinski definition) is 0. The second-order valence-corrected chi connectivity index (χ2v) is 15.1. The predicted molar refractivity (Wildman–Crippen MR) is 78.9 cm³/mol. The molecule has 0 radical (unpaired) electrons. The first-order valence-corrected chi connectivity index (χ1v) is 12.1. The van der Waals surface area contributed by atoms with Gasteiger partial charge >= 0.3 is 0 Å². The van der Waals surface area contributed by atoms with Crippen LogP contribution in [0.2, 0.25) is 18.1 Å². The molecule has 0 aliphatic rings. The van der Waals surface area contributed by atoms with Crippen LogP contribution in [0.1, 0.15) is 59.3 Å². The van der Waals surface area contributed by atoms with Gasteiger partial charge in [0.15, 0.2) is 0 Å². The van der Waals surface area contributed by atoms with Gasteiger partial charge in [0.1, 0.15) is 5.57 Å². The van der Waals surface area contributed by atoms with Crippen molar-refractivity contribution in [1.82, 2.24) is 0 Å². The maximum atomic E-state index is 2.88. The molecule has 2 heteroatoms. The second-order valence-electron chi connectivity index (χ2n) is 4.46. The van der Waals surface area contributed by atoms with Gasteiger partial charge in [-0.2, -0.15) is 0 Å². The van der Waals surface area contributed by atoms with Crippen molar-refractivity contribution in [2.45, 2.75) is 77.4 Å². The number of rotatable bonds is 9. The average molecular weight is 326 g/mol. The Kier molecular flexibility index (Phi) is 9.81. The molecule has 0 aromatic carbocycles. The van der Waals surface area contributed by atoms with Crippen molar-refractivity contribution in [3.63, 3.8) is 0 Å². The Balaban J connectivity index is 3.89. The summed E-state index contributed by atoms with van der Waals surface area (Å²) in [7, 11) is 0. The van der Waals surface area contributed by atoms with Crippen molar-refractivity contribution >= 4 is 27.4 Å². The van der Waals surface area contributed by atoms with E-state index in [-0.39, 0.29) is 0 Å². The van der Waals surface area contributed by atoms with Gasteiger partial charge in [0.2, 0.25) is 0 Å². The van der Waals surface area contributed by atoms with Crippen LogP contribution in [0.25, 0.3) is 0 Å². The second kappa shape index (κ2) is 9.19. The molecular formula is C12H27ISi. The molecule has 0 N–H and O–H groups in total. The van der Waals surface area contributed by atoms with Crippen molar-refractivity contribution in [2.75, 3.05) is 0 Å². The third-order valence-corrected chi connectivity index (χ3v) is 11.5. The van der Waals surface area contributed by atoms with Crippen LogP contribution in [0.4, 0.5) is 0 Å². The van der Waals surface area contributed by atoms with Crippen LogP contribution in [0.5, 0.6) is 0 Å². The van der Waals surface area contributed by atoms with Crippen LogP contribution < -0.4 is 0 Å². The van der Waals surface area contributed by atoms with E-state index in [1.54, 1.807) is 18.1 Å². The summed E-state index contributed by atoms with van der Waals surface area (Å²) in [5, 5.41) is 0. The summed E-state index contributed by atoms with van der Waals surface area (Å²) in [6.07, 6.45) is 8.58. The Hall–Kier alpha value is 0.947. The molecule has 0 aromatic rings. The van der Waals surface area contributed by atoms with E-state index in [9.17, 15) is 0 Å². The number of unbranched alkanes of at least 4 members (excludes halogenated alkanes) is 3. The van der Waals surface area contributed by atoms with E-state index in [1.165, 1.54) is 38.5 Å². The largest absolute Gasteiger partial charge is 0.125 e. The minimum absolute atomic E-state index is 0.842. The summed E-state index contributed by atoms with van der Waals surface area (Å²) in [6, 6.07) is 4.72. The summed E-state index contributed by atoms with van der Waals surface area (Å²) in [4.78, 5) is 0. The first-order chi connectivity index (χ1) is 6.68. The van der Waals surface area contributed by atoms with Gasteiger partial charge in [-0.15, -0.1) is 21.8 Å². The number of hydrogen-bond acceptors (Lipinski definition) is 0. The highest BCUT2D eigenvalue weighted by molar-refractivity contribution is 14.1. The zero-order valence-corrected chi connectivity index (χ0v) is 13.4. The van der Waals surface area contributed by atoms with Crippen LogP contribution in [-0.2, 0) is 0 Å². The van der Waals surface area contributed by atoms with Gasteiger partial charge in [-0.1, -0.05) is 59.3 Å². The maximum absolute atomic E-state index is 2.88. The maximum Gasteiger partial charge on any atom is 0.125 e. The van der Waals surface area contributed by atoms with E-state index in [0.29, 0.717) is 0 Å². The lowest BCUT2D eigenvalue weighted by molar-refractivity contribution is 0.810. The van der Waals surface area contributed by atoms with E-state index in [4.69, 9.17) is 0 Å². The fourth-order valence-electron chi connectivity index (χ4n) is 1.86. The van der Waals surface area contributed by atoms with E-state index in [0.717, 1.165) is 0 Å². The Morgan fingerprint density at radius 3 is 1.21 bits per heavy atom. The molecular weight excluding hydrogens is 299 g/mol. The van der Waals surface area contributed by atoms with E-state index < -0.39 is 5.57 Å². The highest BCUT2D eigenvalue weighted by Crippen LogP contribution is 2.33. The van der Waals surface area contributed by atoms with Crippen molar-refractivity contribution in [3.8, 4) is 0 Å². The molecule has 86 valence electrons. The van der Waals surface area contributed by atoms with Gasteiger partial charge in [-0.05, 0) is 18.1 Å². The SMILES string of the molecule is CCCC[Si](I)(CCCC)CCCC. The van der Waals surface area contributed by atoms with Crippen LogP contribution in [0, 0.1) is 0 Å². The highest BCUT2D eigenvalue weighted by atomic mass is 127. The topological polar surface area (TPSA) is 0 Å². The Bertz CT molecular complexity index is 104. The summed E-state index contributed by atoms with van der Waals surface area (Å²) >= 11 is 2.88. The molecule has 0 amide bonds. The fraction of sp³-hybridized carbons (Fsp3) is 1.00. The Morgan fingerprint density at radius 1 is 0.714 bits per heavy atom. The van der Waals surface area contributed by atoms with Crippen molar-refractivity contribution in [3.05, 3.63) is 0 Å². The monoisotopic (exact) mass is 326 g/mol. The minimum atomic E-state index is -0.842. The molecule has 0 rings (SSSR count). The molecule has 0 aromatic heterocycles. The zero-order valence-electron chi connectivity index (χ0n) is 10.2. The molecule has 0 fully saturated rings. The third kappa shape index (κ3) is 7.27. The lowest BCUT2D eigenvalue weighted by Gasteiger charge is -2.24. The first-order valence-electron chi connectivity index (χ1n) is 6.37. The van der Waals surface area contributed by atoms with E-state index >= 15 is 0 Å². The highest BCUT2D eigenvalue weighted by Gasteiger charge is 2.27. The molecule has 0 atom stereocenters. The normalized spacial score (nSPS) is 12.0. The third-order valence-electron chi connectivity index (χ3n) is 2.94. The zero-order chi connectivity index (χ0) is 10.9. The van der Waals surface area contributed by atoms with Crippen LogP contribution >= 0.6 is 21.8 Å². The minimum Gasteiger partial charge on any atom is -0.119 e. The molecule has 0 saturated carbocycles. The molecule has 0 bridgehead atoms. The van der Waals surface area contributed by atoms with Gasteiger partial charge in [-0.3, -0.25) is 0 Å². The molecule has 0 heterocycles. The van der Waals surface area contributed by atoms with E-state index in [1.807, 2.05) is 0 Å². The Morgan fingerprint density at radius 2 is 1.00 bits per heavy atom. The quantitative estimate of drug-likeness (QED) is 0.287. The van der Waals surface area contributed by atoms with Gasteiger partial charge in [0, 0.05) is 0 Å². The molecule has 14 heavy (non-hydrogen) atoms. The summed E-state index contributed by atoms with van der Waals surface area (Å²) in [5.41, 5.74) is -0.842.